The highest BCUT2D eigenvalue weighted by molar-refractivity contribution is 5.93. The van der Waals surface area contributed by atoms with E-state index in [1.54, 1.807) is 19.1 Å². The Morgan fingerprint density at radius 3 is 2.55 bits per heavy atom. The quantitative estimate of drug-likeness (QED) is 0.831. The van der Waals surface area contributed by atoms with Gasteiger partial charge in [0.05, 0.1) is 6.04 Å². The van der Waals surface area contributed by atoms with Crippen molar-refractivity contribution in [3.8, 4) is 5.75 Å². The summed E-state index contributed by atoms with van der Waals surface area (Å²) in [5.41, 5.74) is 3.06. The van der Waals surface area contributed by atoms with Crippen LogP contribution in [0.4, 0.5) is 11.4 Å². The molecule has 0 saturated carbocycles. The molecule has 2 aromatic carbocycles. The molecule has 22 heavy (non-hydrogen) atoms. The molecule has 0 aromatic heterocycles. The maximum absolute atomic E-state index is 12.0. The molecule has 3 rings (SSSR count). The molecular weight excluding hydrogens is 276 g/mol. The average molecular weight is 296 g/mol. The summed E-state index contributed by atoms with van der Waals surface area (Å²) in [6, 6.07) is 15.4. The second-order valence-corrected chi connectivity index (χ2v) is 5.78. The third kappa shape index (κ3) is 2.64. The van der Waals surface area contributed by atoms with Crippen molar-refractivity contribution < 1.29 is 9.90 Å². The van der Waals surface area contributed by atoms with Crippen LogP contribution >= 0.6 is 0 Å². The Bertz CT molecular complexity index is 682. The first-order valence-electron chi connectivity index (χ1n) is 7.50. The van der Waals surface area contributed by atoms with Crippen LogP contribution in [0.1, 0.15) is 31.9 Å². The number of hydrogen-bond donors (Lipinski definition) is 2. The van der Waals surface area contributed by atoms with Crippen molar-refractivity contribution in [1.82, 2.24) is 0 Å². The number of carbonyl (C=O) groups is 1. The molecule has 114 valence electrons. The normalized spacial score (nSPS) is 20.4. The zero-order valence-electron chi connectivity index (χ0n) is 12.8. The van der Waals surface area contributed by atoms with E-state index in [9.17, 15) is 9.90 Å². The second kappa shape index (κ2) is 5.72. The monoisotopic (exact) mass is 296 g/mol. The molecule has 0 saturated heterocycles. The van der Waals surface area contributed by atoms with E-state index in [-0.39, 0.29) is 23.7 Å². The van der Waals surface area contributed by atoms with E-state index in [4.69, 9.17) is 0 Å². The van der Waals surface area contributed by atoms with Crippen LogP contribution in [0.2, 0.25) is 0 Å². The molecule has 0 bridgehead atoms. The molecule has 4 heteroatoms. The molecule has 2 aromatic rings. The highest BCUT2D eigenvalue weighted by Crippen LogP contribution is 2.38. The summed E-state index contributed by atoms with van der Waals surface area (Å²) in [6.45, 7) is 3.68. The average Bonchev–Trinajstić information content (AvgIpc) is 2.49. The number of nitrogens with one attached hydrogen (secondary N) is 1. The molecule has 1 aliphatic rings. The summed E-state index contributed by atoms with van der Waals surface area (Å²) in [5.74, 6) is 0.328. The predicted octanol–water partition coefficient (Wildman–Crippen LogP) is 3.69. The minimum absolute atomic E-state index is 0.0723. The van der Waals surface area contributed by atoms with Gasteiger partial charge in [-0.05, 0) is 49.2 Å². The number of nitrogens with zero attached hydrogens (tertiary/aromatic N) is 1. The molecule has 1 heterocycles. The van der Waals surface area contributed by atoms with Gasteiger partial charge in [-0.25, -0.2) is 0 Å². The van der Waals surface area contributed by atoms with Gasteiger partial charge in [0.25, 0.3) is 0 Å². The van der Waals surface area contributed by atoms with Crippen molar-refractivity contribution in [2.75, 3.05) is 10.2 Å². The summed E-state index contributed by atoms with van der Waals surface area (Å²) < 4.78 is 0. The number of fused-ring (bicyclic) bond motifs is 1. The first-order chi connectivity index (χ1) is 10.6. The van der Waals surface area contributed by atoms with Crippen LogP contribution in [0.3, 0.4) is 0 Å². The van der Waals surface area contributed by atoms with E-state index in [1.807, 2.05) is 35.2 Å². The highest BCUT2D eigenvalue weighted by Gasteiger charge is 2.31. The number of hydrogen-bond acceptors (Lipinski definition) is 3. The van der Waals surface area contributed by atoms with Gasteiger partial charge in [0.2, 0.25) is 5.91 Å². The lowest BCUT2D eigenvalue weighted by molar-refractivity contribution is -0.117. The molecule has 1 amide bonds. The summed E-state index contributed by atoms with van der Waals surface area (Å²) in [7, 11) is 0. The maximum Gasteiger partial charge on any atom is 0.224 e. The Kier molecular flexibility index (Phi) is 3.75. The summed E-state index contributed by atoms with van der Waals surface area (Å²) in [4.78, 5) is 13.8. The van der Waals surface area contributed by atoms with Crippen LogP contribution in [0.15, 0.2) is 48.5 Å². The van der Waals surface area contributed by atoms with Crippen LogP contribution in [0, 0.1) is 0 Å². The van der Waals surface area contributed by atoms with Crippen molar-refractivity contribution >= 4 is 17.3 Å². The number of phenolic OH excluding ortho intramolecular Hbond substituents is 1. The zero-order valence-corrected chi connectivity index (χ0v) is 12.8. The van der Waals surface area contributed by atoms with E-state index in [0.29, 0.717) is 0 Å². The first-order valence-corrected chi connectivity index (χ1v) is 7.50. The fourth-order valence-electron chi connectivity index (χ4n) is 3.19. The van der Waals surface area contributed by atoms with Crippen molar-refractivity contribution in [3.05, 3.63) is 54.1 Å². The summed E-state index contributed by atoms with van der Waals surface area (Å²) in [5, 5.41) is 12.9. The van der Waals surface area contributed by atoms with E-state index in [1.165, 1.54) is 0 Å². The molecule has 2 unspecified atom stereocenters. The number of phenols is 1. The Hall–Kier alpha value is -2.49. The number of amides is 1. The topological polar surface area (TPSA) is 52.6 Å². The van der Waals surface area contributed by atoms with Gasteiger partial charge in [0, 0.05) is 24.3 Å². The molecule has 2 atom stereocenters. The second-order valence-electron chi connectivity index (χ2n) is 5.78. The minimum Gasteiger partial charge on any atom is -0.508 e. The SMILES string of the molecule is CC(=O)N1c2ccccc2C(Nc2ccc(O)cc2)CC1C. The van der Waals surface area contributed by atoms with Gasteiger partial charge in [-0.2, -0.15) is 0 Å². The summed E-state index contributed by atoms with van der Waals surface area (Å²) in [6.07, 6.45) is 0.845. The van der Waals surface area contributed by atoms with Gasteiger partial charge in [-0.15, -0.1) is 0 Å². The third-order valence-electron chi connectivity index (χ3n) is 4.14. The van der Waals surface area contributed by atoms with Crippen molar-refractivity contribution in [2.24, 2.45) is 0 Å². The smallest absolute Gasteiger partial charge is 0.224 e. The van der Waals surface area contributed by atoms with E-state index < -0.39 is 0 Å². The van der Waals surface area contributed by atoms with Crippen molar-refractivity contribution in [3.63, 3.8) is 0 Å². The molecule has 1 aliphatic heterocycles. The molecular formula is C18H20N2O2. The number of aromatic hydroxyl groups is 1. The van der Waals surface area contributed by atoms with E-state index in [2.05, 4.69) is 18.3 Å². The Morgan fingerprint density at radius 1 is 1.18 bits per heavy atom. The van der Waals surface area contributed by atoms with Crippen LogP contribution in [-0.2, 0) is 4.79 Å². The summed E-state index contributed by atoms with van der Waals surface area (Å²) >= 11 is 0. The van der Waals surface area contributed by atoms with Gasteiger partial charge in [-0.1, -0.05) is 18.2 Å². The van der Waals surface area contributed by atoms with Crippen molar-refractivity contribution in [2.45, 2.75) is 32.4 Å². The van der Waals surface area contributed by atoms with Gasteiger partial charge in [0.15, 0.2) is 0 Å². The van der Waals surface area contributed by atoms with Crippen LogP contribution in [0.5, 0.6) is 5.75 Å². The number of rotatable bonds is 2. The number of para-hydroxylation sites is 1. The molecule has 0 fully saturated rings. The van der Waals surface area contributed by atoms with Gasteiger partial charge in [-0.3, -0.25) is 4.79 Å². The molecule has 0 aliphatic carbocycles. The molecule has 0 spiro atoms. The molecule has 4 nitrogen and oxygen atoms in total. The largest absolute Gasteiger partial charge is 0.508 e. The Labute approximate surface area is 130 Å². The van der Waals surface area contributed by atoms with Gasteiger partial charge in [0.1, 0.15) is 5.75 Å². The zero-order chi connectivity index (χ0) is 15.7. The lowest BCUT2D eigenvalue weighted by Gasteiger charge is -2.39. The van der Waals surface area contributed by atoms with Crippen LogP contribution in [-0.4, -0.2) is 17.1 Å². The fraction of sp³-hybridized carbons (Fsp3) is 0.278. The molecule has 0 radical (unpaired) electrons. The van der Waals surface area contributed by atoms with E-state index >= 15 is 0 Å². The number of benzene rings is 2. The van der Waals surface area contributed by atoms with Crippen LogP contribution < -0.4 is 10.2 Å². The Morgan fingerprint density at radius 2 is 1.86 bits per heavy atom. The Balaban J connectivity index is 1.94. The predicted molar refractivity (Wildman–Crippen MR) is 88.2 cm³/mol. The lowest BCUT2D eigenvalue weighted by atomic mass is 9.91. The lowest BCUT2D eigenvalue weighted by Crippen LogP contribution is -2.43. The molecule has 2 N–H and O–H groups in total. The minimum atomic E-state index is 0.0723. The standard InChI is InChI=1S/C18H20N2O2/c1-12-11-17(19-14-7-9-15(22)10-8-14)16-5-3-4-6-18(16)20(12)13(2)21/h3-10,12,17,19,22H,11H2,1-2H3. The third-order valence-corrected chi connectivity index (χ3v) is 4.14. The fourth-order valence-corrected chi connectivity index (χ4v) is 3.19. The van der Waals surface area contributed by atoms with Crippen molar-refractivity contribution in [1.29, 1.82) is 0 Å². The van der Waals surface area contributed by atoms with Gasteiger partial charge >= 0.3 is 0 Å². The van der Waals surface area contributed by atoms with Crippen LogP contribution in [0.25, 0.3) is 0 Å². The van der Waals surface area contributed by atoms with Gasteiger partial charge < -0.3 is 15.3 Å². The van der Waals surface area contributed by atoms with E-state index in [0.717, 1.165) is 23.4 Å². The first kappa shape index (κ1) is 14.4. The highest BCUT2D eigenvalue weighted by atomic mass is 16.3. The number of anilines is 2. The number of carbonyl (C=O) groups excluding carboxylic acids is 1. The maximum atomic E-state index is 12.0.